The molecule has 0 saturated carbocycles. The van der Waals surface area contributed by atoms with E-state index < -0.39 is 0 Å². The molecule has 0 amide bonds. The molecule has 0 fully saturated rings. The SMILES string of the molecule is CCC(C)c1ccc(-c2nc(C)c(S)s2)cc1. The lowest BCUT2D eigenvalue weighted by Crippen LogP contribution is -1.90. The molecule has 1 aromatic carbocycles. The van der Waals surface area contributed by atoms with Crippen molar-refractivity contribution in [3.63, 3.8) is 0 Å². The van der Waals surface area contributed by atoms with Crippen LogP contribution in [-0.4, -0.2) is 4.98 Å². The van der Waals surface area contributed by atoms with Crippen molar-refractivity contribution >= 4 is 24.0 Å². The van der Waals surface area contributed by atoms with Crippen LogP contribution in [0.5, 0.6) is 0 Å². The standard InChI is InChI=1S/C14H17NS2/c1-4-9(2)11-5-7-12(8-6-11)13-15-10(3)14(16)17-13/h5-9,16H,4H2,1-3H3. The molecule has 0 aliphatic carbocycles. The Balaban J connectivity index is 2.29. The van der Waals surface area contributed by atoms with E-state index in [-0.39, 0.29) is 0 Å². The first-order chi connectivity index (χ1) is 8.11. The lowest BCUT2D eigenvalue weighted by atomic mass is 9.98. The van der Waals surface area contributed by atoms with Crippen LogP contribution in [0.2, 0.25) is 0 Å². The molecule has 0 saturated heterocycles. The minimum Gasteiger partial charge on any atom is -0.240 e. The molecule has 1 heterocycles. The van der Waals surface area contributed by atoms with Gasteiger partial charge in [-0.25, -0.2) is 4.98 Å². The summed E-state index contributed by atoms with van der Waals surface area (Å²) in [4.78, 5) is 4.52. The maximum atomic E-state index is 4.52. The number of nitrogens with zero attached hydrogens (tertiary/aromatic N) is 1. The van der Waals surface area contributed by atoms with E-state index in [1.807, 2.05) is 6.92 Å². The quantitative estimate of drug-likeness (QED) is 0.775. The molecule has 0 bridgehead atoms. The Labute approximate surface area is 112 Å². The van der Waals surface area contributed by atoms with Crippen LogP contribution in [0.15, 0.2) is 28.5 Å². The number of hydrogen-bond donors (Lipinski definition) is 1. The third-order valence-corrected chi connectivity index (χ3v) is 4.72. The number of aromatic nitrogens is 1. The van der Waals surface area contributed by atoms with Gasteiger partial charge in [-0.1, -0.05) is 38.1 Å². The number of thiazole rings is 1. The van der Waals surface area contributed by atoms with Gasteiger partial charge >= 0.3 is 0 Å². The Kier molecular flexibility index (Phi) is 3.89. The Hall–Kier alpha value is -0.800. The van der Waals surface area contributed by atoms with Crippen LogP contribution in [0.4, 0.5) is 0 Å². The third-order valence-electron chi connectivity index (χ3n) is 3.11. The van der Waals surface area contributed by atoms with E-state index in [2.05, 4.69) is 55.7 Å². The van der Waals surface area contributed by atoms with Crippen molar-refractivity contribution in [2.45, 2.75) is 37.3 Å². The Morgan fingerprint density at radius 2 is 1.94 bits per heavy atom. The Bertz CT molecular complexity index is 480. The van der Waals surface area contributed by atoms with E-state index in [9.17, 15) is 0 Å². The van der Waals surface area contributed by atoms with Crippen LogP contribution in [0, 0.1) is 6.92 Å². The molecule has 1 nitrogen and oxygen atoms in total. The van der Waals surface area contributed by atoms with Crippen LogP contribution in [0.3, 0.4) is 0 Å². The first kappa shape index (κ1) is 12.7. The van der Waals surface area contributed by atoms with Gasteiger partial charge in [0.25, 0.3) is 0 Å². The number of thiol groups is 1. The summed E-state index contributed by atoms with van der Waals surface area (Å²) in [7, 11) is 0. The molecule has 2 aromatic rings. The molecule has 2 rings (SSSR count). The van der Waals surface area contributed by atoms with Crippen LogP contribution in [0.1, 0.15) is 37.4 Å². The van der Waals surface area contributed by atoms with Gasteiger partial charge < -0.3 is 0 Å². The second-order valence-corrected chi connectivity index (χ2v) is 6.09. The number of hydrogen-bond acceptors (Lipinski definition) is 3. The molecule has 90 valence electrons. The number of aryl methyl sites for hydroxylation is 1. The van der Waals surface area contributed by atoms with Gasteiger partial charge in [-0.15, -0.1) is 24.0 Å². The van der Waals surface area contributed by atoms with E-state index in [4.69, 9.17) is 0 Å². The lowest BCUT2D eigenvalue weighted by Gasteiger charge is -2.08. The molecule has 0 aliphatic heterocycles. The fraction of sp³-hybridized carbons (Fsp3) is 0.357. The largest absolute Gasteiger partial charge is 0.240 e. The maximum absolute atomic E-state index is 4.52. The van der Waals surface area contributed by atoms with Crippen LogP contribution >= 0.6 is 24.0 Å². The van der Waals surface area contributed by atoms with E-state index in [0.717, 1.165) is 14.9 Å². The van der Waals surface area contributed by atoms with Gasteiger partial charge in [0.2, 0.25) is 0 Å². The summed E-state index contributed by atoms with van der Waals surface area (Å²) in [6, 6.07) is 8.73. The highest BCUT2D eigenvalue weighted by Crippen LogP contribution is 2.31. The Morgan fingerprint density at radius 1 is 1.29 bits per heavy atom. The second-order valence-electron chi connectivity index (χ2n) is 4.34. The van der Waals surface area contributed by atoms with Crippen molar-refractivity contribution in [2.24, 2.45) is 0 Å². The molecule has 17 heavy (non-hydrogen) atoms. The fourth-order valence-electron chi connectivity index (χ4n) is 1.70. The van der Waals surface area contributed by atoms with Gasteiger partial charge in [-0.2, -0.15) is 0 Å². The topological polar surface area (TPSA) is 12.9 Å². The molecule has 1 unspecified atom stereocenters. The highest BCUT2D eigenvalue weighted by molar-refractivity contribution is 7.83. The van der Waals surface area contributed by atoms with E-state index in [1.54, 1.807) is 11.3 Å². The van der Waals surface area contributed by atoms with Gasteiger partial charge in [-0.05, 0) is 24.8 Å². The maximum Gasteiger partial charge on any atom is 0.124 e. The van der Waals surface area contributed by atoms with Crippen LogP contribution < -0.4 is 0 Å². The summed E-state index contributed by atoms with van der Waals surface area (Å²) >= 11 is 6.03. The van der Waals surface area contributed by atoms with Crippen molar-refractivity contribution in [3.05, 3.63) is 35.5 Å². The Morgan fingerprint density at radius 3 is 2.41 bits per heavy atom. The van der Waals surface area contributed by atoms with Crippen molar-refractivity contribution in [1.29, 1.82) is 0 Å². The molecular formula is C14H17NS2. The molecule has 3 heteroatoms. The zero-order valence-electron chi connectivity index (χ0n) is 10.4. The molecule has 1 atom stereocenters. The predicted molar refractivity (Wildman–Crippen MR) is 78.2 cm³/mol. The molecule has 0 spiro atoms. The van der Waals surface area contributed by atoms with Crippen molar-refractivity contribution in [3.8, 4) is 10.6 Å². The van der Waals surface area contributed by atoms with E-state index in [1.165, 1.54) is 17.5 Å². The summed E-state index contributed by atoms with van der Waals surface area (Å²) in [6.45, 7) is 6.47. The minimum atomic E-state index is 0.627. The predicted octanol–water partition coefficient (Wildman–Crippen LogP) is 4.92. The summed E-state index contributed by atoms with van der Waals surface area (Å²) in [5.41, 5.74) is 3.60. The average Bonchev–Trinajstić information content (AvgIpc) is 2.69. The van der Waals surface area contributed by atoms with Gasteiger partial charge in [0, 0.05) is 5.56 Å². The molecule has 0 N–H and O–H groups in total. The smallest absolute Gasteiger partial charge is 0.124 e. The van der Waals surface area contributed by atoms with E-state index >= 15 is 0 Å². The fourth-order valence-corrected chi connectivity index (χ4v) is 2.82. The molecular weight excluding hydrogens is 246 g/mol. The van der Waals surface area contributed by atoms with Gasteiger partial charge in [0.1, 0.15) is 5.01 Å². The minimum absolute atomic E-state index is 0.627. The second kappa shape index (κ2) is 5.23. The van der Waals surface area contributed by atoms with E-state index in [0.29, 0.717) is 5.92 Å². The normalized spacial score (nSPS) is 12.7. The van der Waals surface area contributed by atoms with Gasteiger partial charge in [0.05, 0.1) is 9.90 Å². The summed E-state index contributed by atoms with van der Waals surface area (Å²) < 4.78 is 1.01. The zero-order chi connectivity index (χ0) is 12.4. The summed E-state index contributed by atoms with van der Waals surface area (Å²) in [5.74, 6) is 0.627. The van der Waals surface area contributed by atoms with Crippen LogP contribution in [-0.2, 0) is 0 Å². The molecule has 0 aliphatic rings. The zero-order valence-corrected chi connectivity index (χ0v) is 12.1. The lowest BCUT2D eigenvalue weighted by molar-refractivity contribution is 0.734. The monoisotopic (exact) mass is 263 g/mol. The highest BCUT2D eigenvalue weighted by atomic mass is 32.2. The highest BCUT2D eigenvalue weighted by Gasteiger charge is 2.08. The molecule has 1 aromatic heterocycles. The first-order valence-corrected chi connectivity index (χ1v) is 7.15. The first-order valence-electron chi connectivity index (χ1n) is 5.88. The number of benzene rings is 1. The number of rotatable bonds is 3. The van der Waals surface area contributed by atoms with Gasteiger partial charge in [0.15, 0.2) is 0 Å². The van der Waals surface area contributed by atoms with Crippen LogP contribution in [0.25, 0.3) is 10.6 Å². The summed E-state index contributed by atoms with van der Waals surface area (Å²) in [5, 5.41) is 1.06. The van der Waals surface area contributed by atoms with Gasteiger partial charge in [-0.3, -0.25) is 0 Å². The van der Waals surface area contributed by atoms with Crippen molar-refractivity contribution < 1.29 is 0 Å². The summed E-state index contributed by atoms with van der Waals surface area (Å²) in [6.07, 6.45) is 1.18. The average molecular weight is 263 g/mol. The van der Waals surface area contributed by atoms with Crippen molar-refractivity contribution in [1.82, 2.24) is 4.98 Å². The third kappa shape index (κ3) is 2.72. The van der Waals surface area contributed by atoms with Crippen molar-refractivity contribution in [2.75, 3.05) is 0 Å². The molecule has 0 radical (unpaired) electrons.